The summed E-state index contributed by atoms with van der Waals surface area (Å²) in [5, 5.41) is 10.7. The number of carbonyl (C=O) groups is 1. The predicted molar refractivity (Wildman–Crippen MR) is 113 cm³/mol. The van der Waals surface area contributed by atoms with E-state index in [9.17, 15) is 28.1 Å². The number of thiocarbonyl (C=S) groups is 1. The van der Waals surface area contributed by atoms with Crippen LogP contribution in [0.1, 0.15) is 16.7 Å². The van der Waals surface area contributed by atoms with Crippen molar-refractivity contribution in [3.05, 3.63) is 72.6 Å². The van der Waals surface area contributed by atoms with Crippen LogP contribution in [0.3, 0.4) is 0 Å². The molecule has 11 heteroatoms. The highest BCUT2D eigenvalue weighted by Gasteiger charge is 2.36. The summed E-state index contributed by atoms with van der Waals surface area (Å²) in [7, 11) is 0. The fourth-order valence-corrected chi connectivity index (χ4v) is 4.37. The number of alkyl halides is 3. The van der Waals surface area contributed by atoms with Gasteiger partial charge in [-0.2, -0.15) is 13.2 Å². The third kappa shape index (κ3) is 4.36. The van der Waals surface area contributed by atoms with Gasteiger partial charge in [0.05, 0.1) is 21.1 Å². The van der Waals surface area contributed by atoms with Crippen LogP contribution < -0.4 is 4.90 Å². The maximum absolute atomic E-state index is 13.0. The molecule has 150 valence electrons. The van der Waals surface area contributed by atoms with Crippen molar-refractivity contribution in [3.63, 3.8) is 0 Å². The van der Waals surface area contributed by atoms with Gasteiger partial charge < -0.3 is 0 Å². The molecule has 5 nitrogen and oxygen atoms in total. The average Bonchev–Trinajstić information content (AvgIpc) is 2.90. The molecular formula is C18H10BrF3N2O3S2. The summed E-state index contributed by atoms with van der Waals surface area (Å²) in [4.78, 5) is 24.4. The summed E-state index contributed by atoms with van der Waals surface area (Å²) >= 11 is 9.30. The lowest BCUT2D eigenvalue weighted by atomic mass is 10.1. The van der Waals surface area contributed by atoms with E-state index in [4.69, 9.17) is 12.2 Å². The Labute approximate surface area is 180 Å². The van der Waals surface area contributed by atoms with Crippen molar-refractivity contribution in [1.29, 1.82) is 0 Å². The summed E-state index contributed by atoms with van der Waals surface area (Å²) in [6, 6.07) is 7.28. The normalized spacial score (nSPS) is 16.0. The van der Waals surface area contributed by atoms with Crippen LogP contribution in [0.2, 0.25) is 0 Å². The van der Waals surface area contributed by atoms with Crippen LogP contribution in [-0.4, -0.2) is 15.2 Å². The van der Waals surface area contributed by atoms with Gasteiger partial charge in [0.2, 0.25) is 0 Å². The second kappa shape index (κ2) is 7.88. The highest BCUT2D eigenvalue weighted by Crippen LogP contribution is 2.39. The number of anilines is 1. The Kier molecular flexibility index (Phi) is 5.84. The molecule has 0 atom stereocenters. The van der Waals surface area contributed by atoms with E-state index in [1.165, 1.54) is 24.3 Å². The molecule has 1 heterocycles. The van der Waals surface area contributed by atoms with Crippen molar-refractivity contribution < 1.29 is 22.9 Å². The van der Waals surface area contributed by atoms with Gasteiger partial charge in [0.25, 0.3) is 10.9 Å². The fourth-order valence-electron chi connectivity index (χ4n) is 2.62. The Bertz CT molecular complexity index is 1090. The molecule has 1 fully saturated rings. The Morgan fingerprint density at radius 2 is 1.97 bits per heavy atom. The molecule has 0 spiro atoms. The molecule has 2 aromatic carbocycles. The molecule has 0 aliphatic carbocycles. The number of carbonyl (C=O) groups excluding carboxylic acids is 1. The van der Waals surface area contributed by atoms with Gasteiger partial charge in [-0.1, -0.05) is 34.2 Å². The minimum absolute atomic E-state index is 0.00166. The molecule has 0 unspecified atom stereocenters. The average molecular weight is 503 g/mol. The van der Waals surface area contributed by atoms with Crippen LogP contribution in [0.4, 0.5) is 29.3 Å². The van der Waals surface area contributed by atoms with Gasteiger partial charge >= 0.3 is 6.18 Å². The molecule has 0 aromatic heterocycles. The molecule has 0 N–H and O–H groups in total. The number of nitro benzene ring substituents is 1. The van der Waals surface area contributed by atoms with Crippen molar-refractivity contribution >= 4 is 67.6 Å². The molecule has 29 heavy (non-hydrogen) atoms. The summed E-state index contributed by atoms with van der Waals surface area (Å²) in [6.45, 7) is 1.59. The number of hydrogen-bond donors (Lipinski definition) is 0. The van der Waals surface area contributed by atoms with Crippen molar-refractivity contribution in [1.82, 2.24) is 0 Å². The van der Waals surface area contributed by atoms with Crippen LogP contribution >= 0.6 is 39.9 Å². The van der Waals surface area contributed by atoms with Crippen LogP contribution in [0.5, 0.6) is 0 Å². The predicted octanol–water partition coefficient (Wildman–Crippen LogP) is 6.73. The molecule has 1 aliphatic heterocycles. The van der Waals surface area contributed by atoms with Gasteiger partial charge in [0.1, 0.15) is 4.99 Å². The smallest absolute Gasteiger partial charge is 0.261 e. The Morgan fingerprint density at radius 3 is 2.59 bits per heavy atom. The monoisotopic (exact) mass is 502 g/mol. The minimum Gasteiger partial charge on any atom is -0.261 e. The summed E-state index contributed by atoms with van der Waals surface area (Å²) in [6.07, 6.45) is -3.06. The number of amides is 1. The van der Waals surface area contributed by atoms with E-state index in [-0.39, 0.29) is 16.4 Å². The van der Waals surface area contributed by atoms with Crippen molar-refractivity contribution in [2.45, 2.75) is 13.1 Å². The molecule has 1 aliphatic rings. The quantitative estimate of drug-likeness (QED) is 0.201. The van der Waals surface area contributed by atoms with Gasteiger partial charge in [-0.3, -0.25) is 19.8 Å². The summed E-state index contributed by atoms with van der Waals surface area (Å²) in [5.74, 6) is 0. The molecule has 3 rings (SSSR count). The van der Waals surface area contributed by atoms with Crippen LogP contribution in [-0.2, 0) is 6.18 Å². The zero-order valence-electron chi connectivity index (χ0n) is 14.5. The lowest BCUT2D eigenvalue weighted by Gasteiger charge is -2.16. The zero-order chi connectivity index (χ0) is 21.5. The minimum atomic E-state index is -4.56. The first-order valence-electron chi connectivity index (χ1n) is 7.89. The van der Waals surface area contributed by atoms with E-state index in [2.05, 4.69) is 15.9 Å². The molecular weight excluding hydrogens is 493 g/mol. The van der Waals surface area contributed by atoms with Crippen molar-refractivity contribution in [2.24, 2.45) is 0 Å². The number of nitro groups is 1. The summed E-state index contributed by atoms with van der Waals surface area (Å²) < 4.78 is 39.4. The van der Waals surface area contributed by atoms with E-state index >= 15 is 0 Å². The number of thioether (sulfide) groups is 1. The van der Waals surface area contributed by atoms with Gasteiger partial charge in [-0.05, 0) is 54.6 Å². The van der Waals surface area contributed by atoms with E-state index in [1.54, 1.807) is 13.0 Å². The van der Waals surface area contributed by atoms with Crippen molar-refractivity contribution in [3.8, 4) is 0 Å². The third-order valence-electron chi connectivity index (χ3n) is 4.06. The molecule has 0 saturated carbocycles. The maximum Gasteiger partial charge on any atom is 0.416 e. The van der Waals surface area contributed by atoms with Gasteiger partial charge in [0.15, 0.2) is 0 Å². The van der Waals surface area contributed by atoms with Crippen LogP contribution in [0.15, 0.2) is 45.8 Å². The topological polar surface area (TPSA) is 63.5 Å². The molecule has 0 radical (unpaired) electrons. The van der Waals surface area contributed by atoms with Crippen LogP contribution in [0.25, 0.3) is 6.08 Å². The first-order chi connectivity index (χ1) is 13.5. The zero-order valence-corrected chi connectivity index (χ0v) is 17.7. The first-order valence-corrected chi connectivity index (χ1v) is 9.90. The fraction of sp³-hybridized carbons (Fsp3) is 0.111. The Balaban J connectivity index is 1.99. The standard InChI is InChI=1S/C18H10BrF3N2O3S2/c1-9-13(19)5-10(6-14(9)24(26)27)7-15-16(28)23(17(25)29-15)12-4-2-3-11(8-12)18(20,21)22/h2-8H,1H3/b15-7-. The lowest BCUT2D eigenvalue weighted by molar-refractivity contribution is -0.385. The van der Waals surface area contributed by atoms with E-state index in [0.717, 1.165) is 28.8 Å². The number of hydrogen-bond acceptors (Lipinski definition) is 5. The highest BCUT2D eigenvalue weighted by molar-refractivity contribution is 9.10. The molecule has 2 aromatic rings. The van der Waals surface area contributed by atoms with Gasteiger partial charge in [-0.25, -0.2) is 0 Å². The number of benzene rings is 2. The van der Waals surface area contributed by atoms with Gasteiger partial charge in [-0.15, -0.1) is 0 Å². The molecule has 1 amide bonds. The largest absolute Gasteiger partial charge is 0.416 e. The van der Waals surface area contributed by atoms with Crippen molar-refractivity contribution in [2.75, 3.05) is 4.90 Å². The Hall–Kier alpha value is -2.24. The van der Waals surface area contributed by atoms with Gasteiger partial charge in [0, 0.05) is 16.1 Å². The van der Waals surface area contributed by atoms with E-state index in [0.29, 0.717) is 20.5 Å². The number of halogens is 4. The summed E-state index contributed by atoms with van der Waals surface area (Å²) in [5.41, 5.74) is -0.132. The number of nitrogens with zero attached hydrogens (tertiary/aromatic N) is 2. The van der Waals surface area contributed by atoms with Crippen LogP contribution in [0, 0.1) is 17.0 Å². The second-order valence-electron chi connectivity index (χ2n) is 5.97. The van der Waals surface area contributed by atoms with E-state index in [1.807, 2.05) is 0 Å². The highest BCUT2D eigenvalue weighted by atomic mass is 79.9. The SMILES string of the molecule is Cc1c(Br)cc(/C=C2\SC(=O)N(c3cccc(C(F)(F)F)c3)C2=S)cc1[N+](=O)[O-]. The third-order valence-corrected chi connectivity index (χ3v) is 6.30. The first kappa shape index (κ1) is 21.5. The number of rotatable bonds is 3. The lowest BCUT2D eigenvalue weighted by Crippen LogP contribution is -2.26. The maximum atomic E-state index is 13.0. The Morgan fingerprint density at radius 1 is 1.28 bits per heavy atom. The second-order valence-corrected chi connectivity index (χ2v) is 8.20. The van der Waals surface area contributed by atoms with E-state index < -0.39 is 21.9 Å². The molecule has 0 bridgehead atoms. The molecule has 1 saturated heterocycles.